The van der Waals surface area contributed by atoms with Gasteiger partial charge < -0.3 is 14.6 Å². The first kappa shape index (κ1) is 15.1. The molecule has 0 bridgehead atoms. The van der Waals surface area contributed by atoms with Crippen LogP contribution in [0.5, 0.6) is 0 Å². The zero-order valence-electron chi connectivity index (χ0n) is 12.9. The van der Waals surface area contributed by atoms with E-state index in [1.807, 2.05) is 17.8 Å². The lowest BCUT2D eigenvalue weighted by Gasteiger charge is -2.33. The van der Waals surface area contributed by atoms with Crippen LogP contribution < -0.4 is 0 Å². The van der Waals surface area contributed by atoms with E-state index >= 15 is 0 Å². The Morgan fingerprint density at radius 1 is 1.32 bits per heavy atom. The lowest BCUT2D eigenvalue weighted by atomic mass is 9.90. The standard InChI is InChI=1S/C14H23N7O/c1-19-10-5-15-14(19)13(22)12-3-8-20(9-4-12)6-2-7-21-11-16-17-18-21/h5,10-13,22H,2-4,6-9H2,1H3/t13-/m0/s1. The van der Waals surface area contributed by atoms with E-state index in [1.54, 1.807) is 17.2 Å². The van der Waals surface area contributed by atoms with Crippen LogP contribution in [0.15, 0.2) is 18.7 Å². The minimum Gasteiger partial charge on any atom is -0.385 e. The fourth-order valence-corrected chi connectivity index (χ4v) is 3.10. The Hall–Kier alpha value is -1.80. The van der Waals surface area contributed by atoms with Crippen LogP contribution in [0.4, 0.5) is 0 Å². The molecular formula is C14H23N7O. The van der Waals surface area contributed by atoms with Crippen LogP contribution in [0.1, 0.15) is 31.2 Å². The van der Waals surface area contributed by atoms with Gasteiger partial charge >= 0.3 is 0 Å². The van der Waals surface area contributed by atoms with Gasteiger partial charge in [-0.05, 0) is 55.2 Å². The average molecular weight is 305 g/mol. The second kappa shape index (κ2) is 6.97. The molecule has 0 amide bonds. The van der Waals surface area contributed by atoms with Gasteiger partial charge in [0.05, 0.1) is 0 Å². The van der Waals surface area contributed by atoms with Crippen molar-refractivity contribution in [3.63, 3.8) is 0 Å². The molecule has 0 spiro atoms. The van der Waals surface area contributed by atoms with E-state index in [9.17, 15) is 5.11 Å². The molecule has 1 aliphatic rings. The Bertz CT molecular complexity index is 560. The van der Waals surface area contributed by atoms with Crippen LogP contribution in [0.2, 0.25) is 0 Å². The molecule has 1 atom stereocenters. The van der Waals surface area contributed by atoms with Crippen LogP contribution in [0.25, 0.3) is 0 Å². The largest absolute Gasteiger partial charge is 0.385 e. The van der Waals surface area contributed by atoms with Crippen LogP contribution in [-0.2, 0) is 13.6 Å². The highest BCUT2D eigenvalue weighted by Gasteiger charge is 2.28. The predicted molar refractivity (Wildman–Crippen MR) is 79.8 cm³/mol. The first-order valence-electron chi connectivity index (χ1n) is 7.82. The normalized spacial score (nSPS) is 18.6. The third-order valence-corrected chi connectivity index (χ3v) is 4.45. The summed E-state index contributed by atoms with van der Waals surface area (Å²) < 4.78 is 3.67. The van der Waals surface area contributed by atoms with Crippen molar-refractivity contribution in [2.75, 3.05) is 19.6 Å². The number of tetrazole rings is 1. The number of piperidine rings is 1. The molecule has 8 heteroatoms. The molecule has 0 aromatic carbocycles. The lowest BCUT2D eigenvalue weighted by molar-refractivity contribution is 0.0505. The zero-order chi connectivity index (χ0) is 15.4. The third-order valence-electron chi connectivity index (χ3n) is 4.45. The summed E-state index contributed by atoms with van der Waals surface area (Å²) in [6.07, 6.45) is 7.88. The van der Waals surface area contributed by atoms with Crippen LogP contribution >= 0.6 is 0 Å². The van der Waals surface area contributed by atoms with E-state index in [1.165, 1.54) is 0 Å². The third kappa shape index (κ3) is 3.50. The summed E-state index contributed by atoms with van der Waals surface area (Å²) in [5, 5.41) is 21.6. The van der Waals surface area contributed by atoms with Crippen molar-refractivity contribution in [3.05, 3.63) is 24.5 Å². The number of aromatic nitrogens is 6. The lowest BCUT2D eigenvalue weighted by Crippen LogP contribution is -2.37. The highest BCUT2D eigenvalue weighted by Crippen LogP contribution is 2.29. The molecule has 3 heterocycles. The van der Waals surface area contributed by atoms with Crippen molar-refractivity contribution in [3.8, 4) is 0 Å². The fraction of sp³-hybridized carbons (Fsp3) is 0.714. The SMILES string of the molecule is Cn1ccnc1[C@@H](O)C1CCN(CCCn2cnnn2)CC1. The van der Waals surface area contributed by atoms with Crippen LogP contribution in [0, 0.1) is 5.92 Å². The van der Waals surface area contributed by atoms with Gasteiger partial charge in [0.1, 0.15) is 18.3 Å². The number of hydrogen-bond acceptors (Lipinski definition) is 6. The van der Waals surface area contributed by atoms with Crippen LogP contribution in [-0.4, -0.2) is 59.4 Å². The molecule has 2 aromatic heterocycles. The number of aliphatic hydroxyl groups is 1. The number of nitrogens with zero attached hydrogens (tertiary/aromatic N) is 7. The fourth-order valence-electron chi connectivity index (χ4n) is 3.10. The number of aryl methyl sites for hydroxylation is 2. The molecular weight excluding hydrogens is 282 g/mol. The topological polar surface area (TPSA) is 84.9 Å². The van der Waals surface area contributed by atoms with Crippen molar-refractivity contribution >= 4 is 0 Å². The molecule has 120 valence electrons. The molecule has 0 aliphatic carbocycles. The summed E-state index contributed by atoms with van der Waals surface area (Å²) in [4.78, 5) is 6.72. The highest BCUT2D eigenvalue weighted by molar-refractivity contribution is 4.98. The summed E-state index contributed by atoms with van der Waals surface area (Å²) in [5.74, 6) is 1.08. The molecule has 22 heavy (non-hydrogen) atoms. The Kier molecular flexibility index (Phi) is 4.79. The van der Waals surface area contributed by atoms with E-state index in [0.717, 1.165) is 51.3 Å². The van der Waals surface area contributed by atoms with Gasteiger partial charge in [0, 0.05) is 26.0 Å². The molecule has 1 aliphatic heterocycles. The van der Waals surface area contributed by atoms with E-state index < -0.39 is 6.10 Å². The number of hydrogen-bond donors (Lipinski definition) is 1. The second-order valence-corrected chi connectivity index (χ2v) is 5.95. The molecule has 3 rings (SSSR count). The maximum atomic E-state index is 10.5. The smallest absolute Gasteiger partial charge is 0.138 e. The second-order valence-electron chi connectivity index (χ2n) is 5.95. The summed E-state index contributed by atoms with van der Waals surface area (Å²) >= 11 is 0. The Balaban J connectivity index is 1.41. The molecule has 0 saturated carbocycles. The molecule has 1 N–H and O–H groups in total. The van der Waals surface area contributed by atoms with Gasteiger partial charge in [-0.15, -0.1) is 5.10 Å². The van der Waals surface area contributed by atoms with Gasteiger partial charge in [0.25, 0.3) is 0 Å². The summed E-state index contributed by atoms with van der Waals surface area (Å²) in [6, 6.07) is 0. The maximum absolute atomic E-state index is 10.5. The molecule has 0 radical (unpaired) electrons. The van der Waals surface area contributed by atoms with Gasteiger partial charge in [-0.3, -0.25) is 0 Å². The van der Waals surface area contributed by atoms with Gasteiger partial charge in [0.15, 0.2) is 0 Å². The summed E-state index contributed by atoms with van der Waals surface area (Å²) in [6.45, 7) is 3.96. The van der Waals surface area contributed by atoms with Crippen molar-refractivity contribution in [2.45, 2.75) is 31.9 Å². The Morgan fingerprint density at radius 3 is 2.77 bits per heavy atom. The molecule has 1 fully saturated rings. The number of imidazole rings is 1. The average Bonchev–Trinajstić information content (AvgIpc) is 3.19. The van der Waals surface area contributed by atoms with Crippen molar-refractivity contribution in [1.82, 2.24) is 34.7 Å². The van der Waals surface area contributed by atoms with E-state index in [-0.39, 0.29) is 0 Å². The summed E-state index contributed by atoms with van der Waals surface area (Å²) in [7, 11) is 1.93. The van der Waals surface area contributed by atoms with Crippen molar-refractivity contribution in [1.29, 1.82) is 0 Å². The van der Waals surface area contributed by atoms with Crippen molar-refractivity contribution < 1.29 is 5.11 Å². The zero-order valence-corrected chi connectivity index (χ0v) is 12.9. The predicted octanol–water partition coefficient (Wildman–Crippen LogP) is 0.242. The summed E-state index contributed by atoms with van der Waals surface area (Å²) in [5.41, 5.74) is 0. The Labute approximate surface area is 129 Å². The van der Waals surface area contributed by atoms with Gasteiger partial charge in [0.2, 0.25) is 0 Å². The first-order chi connectivity index (χ1) is 10.7. The highest BCUT2D eigenvalue weighted by atomic mass is 16.3. The van der Waals surface area contributed by atoms with Gasteiger partial charge in [-0.2, -0.15) is 0 Å². The van der Waals surface area contributed by atoms with Gasteiger partial charge in [-0.1, -0.05) is 0 Å². The quantitative estimate of drug-likeness (QED) is 0.823. The van der Waals surface area contributed by atoms with Crippen molar-refractivity contribution in [2.24, 2.45) is 13.0 Å². The van der Waals surface area contributed by atoms with E-state index in [4.69, 9.17) is 0 Å². The van der Waals surface area contributed by atoms with E-state index in [0.29, 0.717) is 5.92 Å². The molecule has 1 saturated heterocycles. The number of likely N-dealkylation sites (tertiary alicyclic amines) is 1. The first-order valence-corrected chi connectivity index (χ1v) is 7.82. The number of rotatable bonds is 6. The van der Waals surface area contributed by atoms with Crippen LogP contribution in [0.3, 0.4) is 0 Å². The minimum absolute atomic E-state index is 0.303. The maximum Gasteiger partial charge on any atom is 0.138 e. The van der Waals surface area contributed by atoms with Gasteiger partial charge in [-0.25, -0.2) is 9.67 Å². The Morgan fingerprint density at radius 2 is 2.14 bits per heavy atom. The number of aliphatic hydroxyl groups excluding tert-OH is 1. The molecule has 0 unspecified atom stereocenters. The molecule has 8 nitrogen and oxygen atoms in total. The van der Waals surface area contributed by atoms with E-state index in [2.05, 4.69) is 25.4 Å². The monoisotopic (exact) mass is 305 g/mol. The minimum atomic E-state index is -0.455. The molecule has 2 aromatic rings.